The van der Waals surface area contributed by atoms with Gasteiger partial charge in [-0.3, -0.25) is 4.98 Å². The predicted octanol–water partition coefficient (Wildman–Crippen LogP) is 3.57. The highest BCUT2D eigenvalue weighted by atomic mass is 79.9. The van der Waals surface area contributed by atoms with Crippen molar-refractivity contribution in [1.29, 1.82) is 0 Å². The Labute approximate surface area is 134 Å². The van der Waals surface area contributed by atoms with Crippen LogP contribution in [0.15, 0.2) is 40.6 Å². The fraction of sp³-hybridized carbons (Fsp3) is 0.214. The Kier molecular flexibility index (Phi) is 3.23. The fourth-order valence-corrected chi connectivity index (χ4v) is 3.96. The van der Waals surface area contributed by atoms with Gasteiger partial charge in [0.2, 0.25) is 0 Å². The molecule has 0 fully saturated rings. The van der Waals surface area contributed by atoms with Crippen LogP contribution in [0.4, 0.5) is 5.82 Å². The molecule has 7 heteroatoms. The molecule has 1 atom stereocenters. The molecular formula is C14H12BrN5S. The minimum Gasteiger partial charge on any atom is -0.369 e. The number of fused-ring (bicyclic) bond motifs is 1. The molecule has 0 amide bonds. The Morgan fingerprint density at radius 3 is 2.90 bits per heavy atom. The van der Waals surface area contributed by atoms with Gasteiger partial charge in [-0.15, -0.1) is 11.3 Å². The number of hydrogen-bond donors (Lipinski definition) is 1. The number of aromatic nitrogens is 4. The van der Waals surface area contributed by atoms with Crippen LogP contribution in [0.1, 0.15) is 17.5 Å². The Hall–Kier alpha value is -1.73. The molecule has 0 saturated heterocycles. The van der Waals surface area contributed by atoms with Crippen molar-refractivity contribution < 1.29 is 0 Å². The van der Waals surface area contributed by atoms with Crippen LogP contribution in [0.2, 0.25) is 0 Å². The van der Waals surface area contributed by atoms with Crippen molar-refractivity contribution in [3.63, 3.8) is 0 Å². The molecule has 3 aromatic heterocycles. The van der Waals surface area contributed by atoms with Crippen LogP contribution in [0.3, 0.4) is 0 Å². The summed E-state index contributed by atoms with van der Waals surface area (Å²) in [4.78, 5) is 8.52. The van der Waals surface area contributed by atoms with Gasteiger partial charge in [0.05, 0.1) is 4.47 Å². The molecular weight excluding hydrogens is 350 g/mol. The van der Waals surface area contributed by atoms with E-state index >= 15 is 0 Å². The summed E-state index contributed by atoms with van der Waals surface area (Å²) in [6.07, 6.45) is 6.41. The Balaban J connectivity index is 1.84. The summed E-state index contributed by atoms with van der Waals surface area (Å²) in [5.41, 5.74) is 1.99. The molecule has 1 unspecified atom stereocenters. The largest absolute Gasteiger partial charge is 0.369 e. The first-order valence-corrected chi connectivity index (χ1v) is 8.33. The van der Waals surface area contributed by atoms with Crippen LogP contribution in [0, 0.1) is 0 Å². The summed E-state index contributed by atoms with van der Waals surface area (Å²) in [5.74, 6) is 1.02. The number of halogens is 1. The molecule has 0 aliphatic carbocycles. The van der Waals surface area contributed by atoms with E-state index in [1.165, 1.54) is 0 Å². The third-order valence-electron chi connectivity index (χ3n) is 3.55. The third kappa shape index (κ3) is 2.16. The second kappa shape index (κ2) is 5.23. The van der Waals surface area contributed by atoms with Gasteiger partial charge in [-0.2, -0.15) is 5.10 Å². The number of thiazole rings is 1. The highest BCUT2D eigenvalue weighted by molar-refractivity contribution is 9.10. The molecule has 1 N–H and O–H groups in total. The van der Waals surface area contributed by atoms with Gasteiger partial charge in [-0.1, -0.05) is 0 Å². The average Bonchev–Trinajstić information content (AvgIpc) is 3.17. The van der Waals surface area contributed by atoms with Crippen LogP contribution >= 0.6 is 27.3 Å². The van der Waals surface area contributed by atoms with Crippen molar-refractivity contribution >= 4 is 33.1 Å². The number of pyridine rings is 1. The summed E-state index contributed by atoms with van der Waals surface area (Å²) in [6.45, 7) is 0.921. The average molecular weight is 362 g/mol. The highest BCUT2D eigenvalue weighted by Crippen LogP contribution is 2.39. The van der Waals surface area contributed by atoms with Gasteiger partial charge in [0.15, 0.2) is 0 Å². The van der Waals surface area contributed by atoms with Gasteiger partial charge in [0.25, 0.3) is 0 Å². The van der Waals surface area contributed by atoms with Crippen molar-refractivity contribution in [2.45, 2.75) is 12.5 Å². The van der Waals surface area contributed by atoms with E-state index in [2.05, 4.69) is 31.2 Å². The minimum absolute atomic E-state index is 0.202. The van der Waals surface area contributed by atoms with Crippen LogP contribution in [-0.4, -0.2) is 26.3 Å². The summed E-state index contributed by atoms with van der Waals surface area (Å²) in [6, 6.07) is 4.14. The van der Waals surface area contributed by atoms with Crippen molar-refractivity contribution in [2.24, 2.45) is 0 Å². The Morgan fingerprint density at radius 2 is 2.14 bits per heavy atom. The Bertz CT molecular complexity index is 753. The maximum Gasteiger partial charge on any atom is 0.140 e. The van der Waals surface area contributed by atoms with Crippen LogP contribution in [0.25, 0.3) is 11.3 Å². The quantitative estimate of drug-likeness (QED) is 0.757. The van der Waals surface area contributed by atoms with E-state index in [1.54, 1.807) is 23.7 Å². The fourth-order valence-electron chi connectivity index (χ4n) is 2.57. The number of rotatable bonds is 2. The van der Waals surface area contributed by atoms with Crippen molar-refractivity contribution in [1.82, 2.24) is 19.7 Å². The molecule has 0 saturated carbocycles. The van der Waals surface area contributed by atoms with Gasteiger partial charge in [-0.05, 0) is 34.5 Å². The first-order chi connectivity index (χ1) is 10.3. The van der Waals surface area contributed by atoms with Gasteiger partial charge in [0, 0.05) is 36.1 Å². The molecule has 4 heterocycles. The second-order valence-electron chi connectivity index (χ2n) is 4.79. The topological polar surface area (TPSA) is 55.6 Å². The molecule has 0 radical (unpaired) electrons. The number of nitrogens with one attached hydrogen (secondary N) is 1. The molecule has 21 heavy (non-hydrogen) atoms. The summed E-state index contributed by atoms with van der Waals surface area (Å²) in [7, 11) is 0. The zero-order valence-corrected chi connectivity index (χ0v) is 13.4. The number of nitrogens with zero attached hydrogens (tertiary/aromatic N) is 4. The summed E-state index contributed by atoms with van der Waals surface area (Å²) >= 11 is 5.36. The molecule has 1 aliphatic rings. The predicted molar refractivity (Wildman–Crippen MR) is 86.5 cm³/mol. The SMILES string of the molecule is Brc1c(-c2ccncc2)nn2c1NCCC2c1nccs1. The van der Waals surface area contributed by atoms with Crippen molar-refractivity contribution in [2.75, 3.05) is 11.9 Å². The smallest absolute Gasteiger partial charge is 0.140 e. The lowest BCUT2D eigenvalue weighted by Crippen LogP contribution is -2.24. The van der Waals surface area contributed by atoms with Crippen molar-refractivity contribution in [3.8, 4) is 11.3 Å². The summed E-state index contributed by atoms with van der Waals surface area (Å²) < 4.78 is 3.04. The molecule has 1 aliphatic heterocycles. The zero-order valence-electron chi connectivity index (χ0n) is 11.0. The van der Waals surface area contributed by atoms with E-state index in [4.69, 9.17) is 5.10 Å². The molecule has 4 rings (SSSR count). The van der Waals surface area contributed by atoms with Gasteiger partial charge < -0.3 is 5.32 Å². The van der Waals surface area contributed by atoms with Crippen LogP contribution in [0.5, 0.6) is 0 Å². The lowest BCUT2D eigenvalue weighted by molar-refractivity contribution is 0.481. The minimum atomic E-state index is 0.202. The normalized spacial score (nSPS) is 17.3. The lowest BCUT2D eigenvalue weighted by Gasteiger charge is -2.24. The van der Waals surface area contributed by atoms with E-state index in [1.807, 2.05) is 28.4 Å². The third-order valence-corrected chi connectivity index (χ3v) is 5.18. The molecule has 3 aromatic rings. The van der Waals surface area contributed by atoms with Gasteiger partial charge in [0.1, 0.15) is 22.6 Å². The maximum absolute atomic E-state index is 4.80. The first kappa shape index (κ1) is 13.0. The van der Waals surface area contributed by atoms with E-state index in [0.717, 1.165) is 39.5 Å². The zero-order chi connectivity index (χ0) is 14.2. The van der Waals surface area contributed by atoms with E-state index in [0.29, 0.717) is 0 Å². The molecule has 0 spiro atoms. The Morgan fingerprint density at radius 1 is 1.29 bits per heavy atom. The van der Waals surface area contributed by atoms with Gasteiger partial charge in [-0.25, -0.2) is 9.67 Å². The standard InChI is InChI=1S/C14H12BrN5S/c15-11-12(9-1-4-16-5-2-9)19-20-10(3-6-17-13(11)20)14-18-7-8-21-14/h1-2,4-5,7-8,10,17H,3,6H2. The second-order valence-corrected chi connectivity index (χ2v) is 6.51. The van der Waals surface area contributed by atoms with Crippen molar-refractivity contribution in [3.05, 3.63) is 45.6 Å². The molecule has 0 aromatic carbocycles. The lowest BCUT2D eigenvalue weighted by atomic mass is 10.2. The van der Waals surface area contributed by atoms with Crippen LogP contribution in [-0.2, 0) is 0 Å². The van der Waals surface area contributed by atoms with Crippen LogP contribution < -0.4 is 5.32 Å². The number of anilines is 1. The van der Waals surface area contributed by atoms with E-state index in [-0.39, 0.29) is 6.04 Å². The molecule has 0 bridgehead atoms. The summed E-state index contributed by atoms with van der Waals surface area (Å²) in [5, 5.41) is 11.4. The maximum atomic E-state index is 4.80. The number of hydrogen-bond acceptors (Lipinski definition) is 5. The highest BCUT2D eigenvalue weighted by Gasteiger charge is 2.28. The first-order valence-electron chi connectivity index (χ1n) is 6.66. The molecule has 106 valence electrons. The van der Waals surface area contributed by atoms with E-state index < -0.39 is 0 Å². The van der Waals surface area contributed by atoms with Gasteiger partial charge >= 0.3 is 0 Å². The molecule has 5 nitrogen and oxygen atoms in total. The van der Waals surface area contributed by atoms with E-state index in [9.17, 15) is 0 Å². The monoisotopic (exact) mass is 361 g/mol.